The summed E-state index contributed by atoms with van der Waals surface area (Å²) in [6.07, 6.45) is 4.58. The maximum absolute atomic E-state index is 13.7. The van der Waals surface area contributed by atoms with Crippen molar-refractivity contribution in [1.29, 1.82) is 0 Å². The topological polar surface area (TPSA) is 41.2 Å². The minimum absolute atomic E-state index is 0. The number of fused-ring (bicyclic) bond motifs is 4. The molecule has 0 bridgehead atoms. The van der Waals surface area contributed by atoms with Crippen LogP contribution < -0.4 is 4.57 Å². The number of aromatic nitrogens is 1. The largest absolute Gasteiger partial charge is 0.512 e. The molecule has 8 heteroatoms. The van der Waals surface area contributed by atoms with Gasteiger partial charge in [-0.1, -0.05) is 104 Å². The van der Waals surface area contributed by atoms with Gasteiger partial charge < -0.3 is 9.67 Å². The van der Waals surface area contributed by atoms with Gasteiger partial charge in [0, 0.05) is 54.5 Å². The first-order chi connectivity index (χ1) is 25.8. The normalized spacial score (nSPS) is 12.7. The monoisotopic (exact) mass is 965 g/mol. The van der Waals surface area contributed by atoms with E-state index in [0.717, 1.165) is 92.0 Å². The molecule has 5 rings (SSSR count). The number of carbonyl (C=O) groups excluding carboxylic acids is 1. The van der Waals surface area contributed by atoms with Gasteiger partial charge in [0.25, 0.3) is 0 Å². The Labute approximate surface area is 351 Å². The van der Waals surface area contributed by atoms with E-state index in [1.54, 1.807) is 11.3 Å². The number of alkyl halides is 3. The van der Waals surface area contributed by atoms with Crippen LogP contribution in [0.15, 0.2) is 66.6 Å². The van der Waals surface area contributed by atoms with Gasteiger partial charge in [0.2, 0.25) is 0 Å². The molecule has 307 valence electrons. The molecule has 0 spiro atoms. The fourth-order valence-corrected chi connectivity index (χ4v) is 9.06. The van der Waals surface area contributed by atoms with E-state index in [-0.39, 0.29) is 55.3 Å². The van der Waals surface area contributed by atoms with Crippen LogP contribution >= 0.6 is 11.3 Å². The molecule has 2 aromatic heterocycles. The first kappa shape index (κ1) is 47.1. The van der Waals surface area contributed by atoms with E-state index >= 15 is 0 Å². The minimum Gasteiger partial charge on any atom is -0.512 e. The van der Waals surface area contributed by atoms with Crippen molar-refractivity contribution in [2.24, 2.45) is 17.3 Å². The summed E-state index contributed by atoms with van der Waals surface area (Å²) in [6.45, 7) is 23.9. The molecule has 0 unspecified atom stereocenters. The molecule has 56 heavy (non-hydrogen) atoms. The molecule has 1 N–H and O–H groups in total. The van der Waals surface area contributed by atoms with Crippen LogP contribution in [0.4, 0.5) is 13.2 Å². The van der Waals surface area contributed by atoms with Crippen LogP contribution in [-0.2, 0) is 36.7 Å². The molecule has 0 aliphatic rings. The van der Waals surface area contributed by atoms with Crippen molar-refractivity contribution in [1.82, 2.24) is 0 Å². The number of hydrogen-bond acceptors (Lipinski definition) is 3. The number of ketones is 1. The van der Waals surface area contributed by atoms with Crippen LogP contribution in [0.2, 0.25) is 0 Å². The number of benzene rings is 3. The Bertz CT molecular complexity index is 2170. The number of aliphatic hydroxyl groups is 1. The van der Waals surface area contributed by atoms with Crippen molar-refractivity contribution in [3.8, 4) is 11.3 Å². The van der Waals surface area contributed by atoms with E-state index in [1.165, 1.54) is 30.9 Å². The number of halogens is 3. The molecular weight excluding hydrogens is 904 g/mol. The Hall–Kier alpha value is -3.32. The predicted octanol–water partition coefficient (Wildman–Crippen LogP) is 14.4. The molecule has 2 heterocycles. The Balaban J connectivity index is 0.000000448. The van der Waals surface area contributed by atoms with Gasteiger partial charge in [0.15, 0.2) is 5.78 Å². The summed E-state index contributed by atoms with van der Waals surface area (Å²) in [4.78, 5) is 11.7. The third kappa shape index (κ3) is 9.35. The Morgan fingerprint density at radius 2 is 1.39 bits per heavy atom. The van der Waals surface area contributed by atoms with E-state index in [2.05, 4.69) is 71.1 Å². The van der Waals surface area contributed by atoms with Gasteiger partial charge in [-0.15, -0.1) is 34.4 Å². The summed E-state index contributed by atoms with van der Waals surface area (Å²) in [6, 6.07) is 16.7. The summed E-state index contributed by atoms with van der Waals surface area (Å²) >= 11 is 1.64. The van der Waals surface area contributed by atoms with Crippen LogP contribution in [0, 0.1) is 38.1 Å². The molecule has 0 aliphatic carbocycles. The molecule has 0 saturated carbocycles. The summed E-state index contributed by atoms with van der Waals surface area (Å²) in [5.74, 6) is 0.547. The number of hydrogen-bond donors (Lipinski definition) is 1. The van der Waals surface area contributed by atoms with Gasteiger partial charge in [-0.25, -0.2) is 0 Å². The number of rotatable bonds is 13. The number of aryl methyl sites for hydroxylation is 1. The van der Waals surface area contributed by atoms with Crippen LogP contribution in [-0.4, -0.2) is 17.1 Å². The Kier molecular flexibility index (Phi) is 15.9. The fourth-order valence-electron chi connectivity index (χ4n) is 7.67. The number of carbonyl (C=O) groups is 1. The molecule has 3 aromatic carbocycles. The summed E-state index contributed by atoms with van der Waals surface area (Å²) in [7, 11) is 4.36. The standard InChI is InChI=1S/C35H37F3NS.C13H24O2.Ir/c1-9-34(7,10-2)29-19-28(22(4)24-13-11-12-14-25(24)29)30-32-27(17-18-39(30)8)26-16-15-23(21(3)31(26)40-32)20-33(5,6)35(36,37)38;1-5-10(6-2)12(14)9-13(15)11(7-3)8-4;/h11-19H,4,8-10,20H2,1-3,5-7H3;9-11,14H,5-8H2,1-4H3;/q-1;;/b;12-9-;. The summed E-state index contributed by atoms with van der Waals surface area (Å²) < 4.78 is 45.2. The van der Waals surface area contributed by atoms with E-state index in [0.29, 0.717) is 0 Å². The van der Waals surface area contributed by atoms with Gasteiger partial charge in [-0.05, 0) is 85.3 Å². The second-order valence-electron chi connectivity index (χ2n) is 16.0. The van der Waals surface area contributed by atoms with Gasteiger partial charge in [-0.3, -0.25) is 4.79 Å². The molecule has 0 amide bonds. The van der Waals surface area contributed by atoms with Gasteiger partial charge in [-0.2, -0.15) is 25.7 Å². The number of allylic oxidation sites excluding steroid dienone is 2. The van der Waals surface area contributed by atoms with Crippen molar-refractivity contribution in [2.75, 3.05) is 0 Å². The average Bonchev–Trinajstić information content (AvgIpc) is 3.53. The smallest absolute Gasteiger partial charge is 0.394 e. The van der Waals surface area contributed by atoms with Gasteiger partial charge in [0.05, 0.1) is 23.1 Å². The third-order valence-corrected chi connectivity index (χ3v) is 13.6. The zero-order valence-corrected chi connectivity index (χ0v) is 38.2. The zero-order chi connectivity index (χ0) is 41.0. The summed E-state index contributed by atoms with van der Waals surface area (Å²) in [5.41, 5.74) is 4.14. The first-order valence-electron chi connectivity index (χ1n) is 19.9. The molecular formula is C48H61F3IrNO2S-. The molecule has 5 aromatic rings. The van der Waals surface area contributed by atoms with E-state index in [9.17, 15) is 23.1 Å². The van der Waals surface area contributed by atoms with Gasteiger partial charge >= 0.3 is 6.18 Å². The Morgan fingerprint density at radius 3 is 1.93 bits per heavy atom. The molecule has 3 nitrogen and oxygen atoms in total. The average molecular weight is 965 g/mol. The maximum Gasteiger partial charge on any atom is 0.394 e. The minimum atomic E-state index is -4.27. The van der Waals surface area contributed by atoms with Crippen molar-refractivity contribution < 1.29 is 47.7 Å². The van der Waals surface area contributed by atoms with Crippen molar-refractivity contribution >= 4 is 48.1 Å². The second kappa shape index (κ2) is 19.0. The van der Waals surface area contributed by atoms with Crippen molar-refractivity contribution in [3.05, 3.63) is 103 Å². The quantitative estimate of drug-likeness (QED) is 0.0553. The molecule has 0 saturated heterocycles. The Morgan fingerprint density at radius 1 is 0.839 bits per heavy atom. The third-order valence-electron chi connectivity index (χ3n) is 12.3. The number of pyridine rings is 1. The fraction of sp³-hybridized carbons (Fsp3) is 0.458. The van der Waals surface area contributed by atoms with Crippen molar-refractivity contribution in [2.45, 2.75) is 126 Å². The maximum atomic E-state index is 13.7. The first-order valence-corrected chi connectivity index (χ1v) is 20.8. The van der Waals surface area contributed by atoms with Crippen LogP contribution in [0.5, 0.6) is 0 Å². The number of aliphatic hydroxyl groups excluding tert-OH is 1. The van der Waals surface area contributed by atoms with E-state index in [1.807, 2.05) is 57.5 Å². The molecule has 0 fully saturated rings. The molecule has 0 aliphatic heterocycles. The summed E-state index contributed by atoms with van der Waals surface area (Å²) in [5, 5.41) is 14.3. The van der Waals surface area contributed by atoms with Crippen LogP contribution in [0.1, 0.15) is 123 Å². The van der Waals surface area contributed by atoms with E-state index in [4.69, 9.17) is 0 Å². The molecule has 0 atom stereocenters. The van der Waals surface area contributed by atoms with Crippen molar-refractivity contribution in [3.63, 3.8) is 0 Å². The number of nitrogens with zero attached hydrogens (tertiary/aromatic N) is 1. The zero-order valence-electron chi connectivity index (χ0n) is 35.0. The SMILES string of the molecule is CCC(CC)C(=O)/C=C(\O)C(CC)CC.[CH2-]c1c(-c2c3sc4c(C)c(CC(C)(C)C(F)(F)F)ccc4c3cc[n+]2[CH2-])cc(C(C)(CC)CC)c2ccccc12.[Ir]. The van der Waals surface area contributed by atoms with Gasteiger partial charge in [0.1, 0.15) is 0 Å². The van der Waals surface area contributed by atoms with Crippen LogP contribution in [0.3, 0.4) is 0 Å². The molecule has 1 radical (unpaired) electrons. The van der Waals surface area contributed by atoms with E-state index < -0.39 is 11.6 Å². The second-order valence-corrected chi connectivity index (χ2v) is 17.0. The number of thiophene rings is 1. The van der Waals surface area contributed by atoms with Crippen LogP contribution in [0.25, 0.3) is 42.2 Å². The predicted molar refractivity (Wildman–Crippen MR) is 228 cm³/mol.